The lowest BCUT2D eigenvalue weighted by Crippen LogP contribution is -2.16. The second kappa shape index (κ2) is 15.4. The molecule has 302 valence electrons. The highest BCUT2D eigenvalue weighted by Crippen LogP contribution is 2.44. The Bertz CT molecular complexity index is 3130. The van der Waals surface area contributed by atoms with Crippen molar-refractivity contribution in [2.24, 2.45) is 0 Å². The van der Waals surface area contributed by atoms with Crippen molar-refractivity contribution >= 4 is 11.0 Å². The third kappa shape index (κ3) is 7.68. The maximum atomic E-state index is 12.1. The van der Waals surface area contributed by atoms with Crippen LogP contribution in [0.25, 0.3) is 72.7 Å². The Kier molecular flexibility index (Phi) is 8.88. The molecular weight excluding hydrogens is 731 g/mol. The van der Waals surface area contributed by atoms with Crippen molar-refractivity contribution in [1.82, 2.24) is 14.5 Å². The van der Waals surface area contributed by atoms with E-state index >= 15 is 0 Å². The molecule has 2 heterocycles. The summed E-state index contributed by atoms with van der Waals surface area (Å²) in [4.78, 5) is 10.4. The number of aromatic hydroxyl groups is 1. The van der Waals surface area contributed by atoms with Gasteiger partial charge >= 0.3 is 0 Å². The number of pyridine rings is 1. The van der Waals surface area contributed by atoms with Gasteiger partial charge in [-0.15, -0.1) is 0 Å². The number of fused-ring (bicyclic) bond motifs is 1. The van der Waals surface area contributed by atoms with E-state index in [2.05, 4.69) is 158 Å². The van der Waals surface area contributed by atoms with Crippen LogP contribution in [0.4, 0.5) is 0 Å². The molecule has 4 heteroatoms. The normalized spacial score (nSPS) is 13.5. The molecule has 0 unspecified atom stereocenters. The summed E-state index contributed by atoms with van der Waals surface area (Å²) >= 11 is 0. The molecule has 0 fully saturated rings. The molecular formula is C56H57N3O. The van der Waals surface area contributed by atoms with Crippen molar-refractivity contribution < 1.29 is 12.0 Å². The zero-order chi connectivity index (χ0) is 46.9. The molecule has 0 aliphatic carbocycles. The van der Waals surface area contributed by atoms with Crippen LogP contribution in [0.5, 0.6) is 5.75 Å². The van der Waals surface area contributed by atoms with Gasteiger partial charge in [-0.05, 0) is 123 Å². The van der Waals surface area contributed by atoms with Crippen LogP contribution in [0.3, 0.4) is 0 Å². The summed E-state index contributed by atoms with van der Waals surface area (Å²) in [5.41, 5.74) is 12.8. The molecule has 0 spiro atoms. The van der Waals surface area contributed by atoms with Crippen LogP contribution in [0.15, 0.2) is 146 Å². The summed E-state index contributed by atoms with van der Waals surface area (Å²) in [6.07, 6.45) is 2.60. The van der Waals surface area contributed by atoms with Crippen molar-refractivity contribution in [3.05, 3.63) is 168 Å². The number of hydrogen-bond acceptors (Lipinski definition) is 3. The van der Waals surface area contributed by atoms with Crippen LogP contribution in [-0.2, 0) is 16.2 Å². The van der Waals surface area contributed by atoms with Gasteiger partial charge in [-0.1, -0.05) is 153 Å². The van der Waals surface area contributed by atoms with Gasteiger partial charge in [-0.3, -0.25) is 9.55 Å². The van der Waals surface area contributed by atoms with E-state index in [0.717, 1.165) is 67.6 Å². The van der Waals surface area contributed by atoms with Crippen LogP contribution in [0.2, 0.25) is 0 Å². The predicted molar refractivity (Wildman–Crippen MR) is 253 cm³/mol. The first kappa shape index (κ1) is 34.6. The van der Waals surface area contributed by atoms with E-state index in [4.69, 9.17) is 16.8 Å². The number of phenolic OH excluding ortho intramolecular Hbond substituents is 1. The highest BCUT2D eigenvalue weighted by molar-refractivity contribution is 5.98. The Morgan fingerprint density at radius 2 is 1.28 bits per heavy atom. The minimum atomic E-state index is -0.429. The molecule has 60 heavy (non-hydrogen) atoms. The number of aromatic nitrogens is 3. The monoisotopic (exact) mass is 792 g/mol. The molecule has 2 aromatic heterocycles. The van der Waals surface area contributed by atoms with E-state index < -0.39 is 6.04 Å². The van der Waals surface area contributed by atoms with E-state index in [9.17, 15) is 5.11 Å². The van der Waals surface area contributed by atoms with Gasteiger partial charge < -0.3 is 5.11 Å². The molecule has 0 saturated carbocycles. The quantitative estimate of drug-likeness (QED) is 0.167. The molecule has 0 saturated heterocycles. The van der Waals surface area contributed by atoms with E-state index in [1.165, 1.54) is 5.56 Å². The van der Waals surface area contributed by atoms with Crippen molar-refractivity contribution in [2.45, 2.75) is 91.9 Å². The van der Waals surface area contributed by atoms with Gasteiger partial charge in [-0.2, -0.15) is 0 Å². The van der Waals surface area contributed by atoms with Gasteiger partial charge in [0.2, 0.25) is 0 Å². The number of phenols is 1. The van der Waals surface area contributed by atoms with E-state index in [1.54, 1.807) is 18.3 Å². The fourth-order valence-electron chi connectivity index (χ4n) is 7.85. The first-order valence-corrected chi connectivity index (χ1v) is 20.9. The molecule has 8 rings (SSSR count). The summed E-state index contributed by atoms with van der Waals surface area (Å²) in [5, 5.41) is 12.1. The van der Waals surface area contributed by atoms with Crippen molar-refractivity contribution in [3.63, 3.8) is 0 Å². The first-order chi connectivity index (χ1) is 30.6. The highest BCUT2D eigenvalue weighted by atomic mass is 16.3. The van der Waals surface area contributed by atoms with E-state index in [0.29, 0.717) is 22.6 Å². The maximum Gasteiger partial charge on any atom is 0.149 e. The fourth-order valence-corrected chi connectivity index (χ4v) is 7.85. The molecule has 6 aromatic carbocycles. The van der Waals surface area contributed by atoms with Gasteiger partial charge in [0.05, 0.1) is 34.8 Å². The summed E-state index contributed by atoms with van der Waals surface area (Å²) < 4.78 is 44.4. The predicted octanol–water partition coefficient (Wildman–Crippen LogP) is 15.1. The number of para-hydroxylation sites is 1. The third-order valence-electron chi connectivity index (χ3n) is 12.0. The van der Waals surface area contributed by atoms with E-state index in [1.807, 2.05) is 13.0 Å². The topological polar surface area (TPSA) is 50.9 Å². The molecule has 8 aromatic rings. The smallest absolute Gasteiger partial charge is 0.149 e. The number of rotatable bonds is 8. The molecule has 1 N–H and O–H groups in total. The van der Waals surface area contributed by atoms with Crippen LogP contribution in [0.1, 0.15) is 97.8 Å². The van der Waals surface area contributed by atoms with Crippen molar-refractivity contribution in [3.8, 4) is 67.5 Å². The number of benzene rings is 6. The number of aryl methyl sites for hydroxylation is 1. The lowest BCUT2D eigenvalue weighted by Gasteiger charge is -2.26. The molecule has 0 bridgehead atoms. The summed E-state index contributed by atoms with van der Waals surface area (Å²) in [5.74, 6) is 0.808. The minimum absolute atomic E-state index is 0.0651. The third-order valence-corrected chi connectivity index (χ3v) is 12.0. The molecule has 0 atom stereocenters. The standard InChI is InChI=1S/C56H57N3O/c1-11-56(9,10)42-25-26-49(46(34-42)38-21-16-13-17-22-38)59-50-24-18-23-45(51(50)58-53(59)47-35-43(54(3,4)5)29-36(2)52(47)60)40-30-41(32-44(31-40)55(6,7)8)48-33-39(27-28-57-48)37-19-14-12-15-20-37/h12-35,60H,11H2,1-10H3/i12D,14D,15D,19D,20D. The average molecular weight is 793 g/mol. The van der Waals surface area contributed by atoms with Crippen LogP contribution in [-0.4, -0.2) is 19.6 Å². The lowest BCUT2D eigenvalue weighted by molar-refractivity contribution is 0.471. The summed E-state index contributed by atoms with van der Waals surface area (Å²) in [6.45, 7) is 21.8. The zero-order valence-electron chi connectivity index (χ0n) is 41.5. The number of hydrogen-bond donors (Lipinski definition) is 1. The van der Waals surface area contributed by atoms with E-state index in [-0.39, 0.29) is 51.7 Å². The minimum Gasteiger partial charge on any atom is -0.507 e. The van der Waals surface area contributed by atoms with Gasteiger partial charge in [0.1, 0.15) is 11.6 Å². The number of imidazole rings is 1. The Morgan fingerprint density at radius 3 is 1.98 bits per heavy atom. The van der Waals surface area contributed by atoms with Gasteiger partial charge in [0.15, 0.2) is 0 Å². The average Bonchev–Trinajstić information content (AvgIpc) is 3.67. The molecule has 0 radical (unpaired) electrons. The molecule has 0 aliphatic rings. The van der Waals surface area contributed by atoms with Crippen molar-refractivity contribution in [1.29, 1.82) is 0 Å². The van der Waals surface area contributed by atoms with Gasteiger partial charge in [-0.25, -0.2) is 4.98 Å². The zero-order valence-corrected chi connectivity index (χ0v) is 36.5. The fraction of sp³-hybridized carbons (Fsp3) is 0.250. The van der Waals surface area contributed by atoms with Gasteiger partial charge in [0, 0.05) is 22.9 Å². The number of nitrogens with zero attached hydrogens (tertiary/aromatic N) is 3. The molecule has 0 aliphatic heterocycles. The SMILES string of the molecule is [2H]c1c([2H])c([2H])c(-c2ccnc(-c3cc(-c4cccc5c4nc(-c4cc(C(C)(C)C)cc(C)c4O)n5-c4ccc(C(C)(C)CC)cc4-c4ccccc4)cc(C(C)(C)C)c3)c2)c([2H])c1[2H]. The molecule has 0 amide bonds. The van der Waals surface area contributed by atoms with Crippen LogP contribution >= 0.6 is 0 Å². The second-order valence-electron chi connectivity index (χ2n) is 18.7. The maximum absolute atomic E-state index is 12.1. The first-order valence-electron chi connectivity index (χ1n) is 23.4. The summed E-state index contributed by atoms with van der Waals surface area (Å²) in [6, 6.07) is 35.8. The lowest BCUT2D eigenvalue weighted by atomic mass is 9.81. The Hall–Kier alpha value is -6.26. The highest BCUT2D eigenvalue weighted by Gasteiger charge is 2.27. The Labute approximate surface area is 363 Å². The van der Waals surface area contributed by atoms with Crippen LogP contribution < -0.4 is 0 Å². The second-order valence-corrected chi connectivity index (χ2v) is 18.7. The van der Waals surface area contributed by atoms with Gasteiger partial charge in [0.25, 0.3) is 0 Å². The summed E-state index contributed by atoms with van der Waals surface area (Å²) in [7, 11) is 0. The van der Waals surface area contributed by atoms with Crippen LogP contribution in [0, 0.1) is 6.92 Å². The van der Waals surface area contributed by atoms with Crippen molar-refractivity contribution in [2.75, 3.05) is 0 Å². The Balaban J connectivity index is 1.43. The molecule has 4 nitrogen and oxygen atoms in total. The Morgan fingerprint density at radius 1 is 0.600 bits per heavy atom. The largest absolute Gasteiger partial charge is 0.507 e.